The van der Waals surface area contributed by atoms with Gasteiger partial charge in [0.05, 0.1) is 0 Å². The Morgan fingerprint density at radius 1 is 1.48 bits per heavy atom. The zero-order valence-electron chi connectivity index (χ0n) is 13.4. The first-order valence-electron chi connectivity index (χ1n) is 7.28. The lowest BCUT2D eigenvalue weighted by Crippen LogP contribution is -2.20. The molecule has 0 aliphatic rings. The molecule has 0 bridgehead atoms. The Balaban J connectivity index is 3.23. The highest BCUT2D eigenvalue weighted by Gasteiger charge is 2.11. The van der Waals surface area contributed by atoms with Crippen LogP contribution in [0.15, 0.2) is 35.8 Å². The van der Waals surface area contributed by atoms with Gasteiger partial charge in [0.15, 0.2) is 0 Å². The molecule has 2 N–H and O–H groups in total. The number of benzene rings is 1. The van der Waals surface area contributed by atoms with E-state index in [4.69, 9.17) is 5.41 Å². The number of nitrogens with one attached hydrogen (secondary N) is 2. The van der Waals surface area contributed by atoms with Gasteiger partial charge in [0.25, 0.3) is 0 Å². The molecule has 3 heteroatoms. The topological polar surface area (TPSA) is 48.2 Å². The zero-order valence-corrected chi connectivity index (χ0v) is 13.4. The second kappa shape index (κ2) is 8.20. The molecule has 0 fully saturated rings. The molecule has 3 nitrogen and oxygen atoms in total. The summed E-state index contributed by atoms with van der Waals surface area (Å²) < 4.78 is 0. The summed E-state index contributed by atoms with van der Waals surface area (Å²) in [7, 11) is 1.81. The molecule has 1 aromatic carbocycles. The Hall–Kier alpha value is -2.16. The molecule has 0 spiro atoms. The van der Waals surface area contributed by atoms with E-state index in [0.29, 0.717) is 5.92 Å². The van der Waals surface area contributed by atoms with Crippen molar-refractivity contribution in [2.24, 2.45) is 10.9 Å². The van der Waals surface area contributed by atoms with Crippen LogP contribution in [0.1, 0.15) is 38.3 Å². The van der Waals surface area contributed by atoms with Gasteiger partial charge in [-0.3, -0.25) is 4.99 Å². The molecule has 21 heavy (non-hydrogen) atoms. The van der Waals surface area contributed by atoms with E-state index in [1.807, 2.05) is 37.3 Å². The van der Waals surface area contributed by atoms with Gasteiger partial charge in [0.1, 0.15) is 5.84 Å². The first kappa shape index (κ1) is 16.9. The number of hydrogen-bond acceptors (Lipinski definition) is 2. The van der Waals surface area contributed by atoms with Crippen molar-refractivity contribution >= 4 is 29.4 Å². The molecule has 0 heterocycles. The quantitative estimate of drug-likeness (QED) is 0.568. The Bertz CT molecular complexity index is 568. The lowest BCUT2D eigenvalue weighted by molar-refractivity contribution is 0.736. The van der Waals surface area contributed by atoms with Crippen LogP contribution in [0.25, 0.3) is 11.6 Å². The number of nitrogens with zero attached hydrogens (tertiary/aromatic N) is 1. The third kappa shape index (κ3) is 4.15. The molecule has 0 saturated carbocycles. The lowest BCUT2D eigenvalue weighted by atomic mass is 10.0. The third-order valence-corrected chi connectivity index (χ3v) is 3.66. The third-order valence-electron chi connectivity index (χ3n) is 3.66. The Labute approximate surface area is 128 Å². The van der Waals surface area contributed by atoms with Crippen LogP contribution in [0, 0.1) is 11.3 Å². The highest BCUT2D eigenvalue weighted by Crippen LogP contribution is 2.24. The van der Waals surface area contributed by atoms with Gasteiger partial charge in [-0.2, -0.15) is 0 Å². The summed E-state index contributed by atoms with van der Waals surface area (Å²) >= 11 is 0. The van der Waals surface area contributed by atoms with Gasteiger partial charge in [-0.05, 0) is 36.1 Å². The minimum Gasteiger partial charge on any atom is -0.343 e. The summed E-state index contributed by atoms with van der Waals surface area (Å²) in [6, 6.07) is 6.07. The van der Waals surface area contributed by atoms with Crippen LogP contribution in [-0.4, -0.2) is 19.1 Å². The van der Waals surface area contributed by atoms with E-state index in [0.717, 1.165) is 34.6 Å². The SMILES string of the molecule is C=Cc1ccc(/C(C=N)=C/C)cc1NC(=NC)C(C)CC. The van der Waals surface area contributed by atoms with Crippen molar-refractivity contribution in [2.75, 3.05) is 12.4 Å². The van der Waals surface area contributed by atoms with Crippen LogP contribution < -0.4 is 5.32 Å². The average molecular weight is 283 g/mol. The number of aliphatic imine (C=N–C) groups is 1. The average Bonchev–Trinajstić information content (AvgIpc) is 2.53. The minimum absolute atomic E-state index is 0.375. The molecular formula is C18H25N3. The second-order valence-corrected chi connectivity index (χ2v) is 4.94. The van der Waals surface area contributed by atoms with Crippen LogP contribution in [-0.2, 0) is 0 Å². The Kier molecular flexibility index (Phi) is 6.60. The maximum Gasteiger partial charge on any atom is 0.103 e. The maximum atomic E-state index is 7.48. The number of anilines is 1. The normalized spacial score (nSPS) is 13.7. The first-order valence-corrected chi connectivity index (χ1v) is 7.28. The van der Waals surface area contributed by atoms with Crippen LogP contribution in [0.4, 0.5) is 5.69 Å². The fourth-order valence-electron chi connectivity index (χ4n) is 2.09. The second-order valence-electron chi connectivity index (χ2n) is 4.94. The van der Waals surface area contributed by atoms with Crippen molar-refractivity contribution in [1.29, 1.82) is 5.41 Å². The molecule has 0 aromatic heterocycles. The van der Waals surface area contributed by atoms with Gasteiger partial charge in [0, 0.05) is 24.9 Å². The van der Waals surface area contributed by atoms with E-state index >= 15 is 0 Å². The largest absolute Gasteiger partial charge is 0.343 e. The molecule has 112 valence electrons. The van der Waals surface area contributed by atoms with Crippen molar-refractivity contribution in [3.8, 4) is 0 Å². The number of amidine groups is 1. The van der Waals surface area contributed by atoms with Crippen molar-refractivity contribution in [3.63, 3.8) is 0 Å². The van der Waals surface area contributed by atoms with Gasteiger partial charge in [-0.25, -0.2) is 0 Å². The fourth-order valence-corrected chi connectivity index (χ4v) is 2.09. The number of rotatable bonds is 6. The molecule has 1 atom stereocenters. The predicted molar refractivity (Wildman–Crippen MR) is 95.4 cm³/mol. The summed E-state index contributed by atoms with van der Waals surface area (Å²) in [4.78, 5) is 4.36. The van der Waals surface area contributed by atoms with Gasteiger partial charge >= 0.3 is 0 Å². The van der Waals surface area contributed by atoms with Crippen molar-refractivity contribution in [3.05, 3.63) is 42.0 Å². The van der Waals surface area contributed by atoms with Gasteiger partial charge in [-0.1, -0.05) is 44.7 Å². The van der Waals surface area contributed by atoms with E-state index in [2.05, 4.69) is 30.7 Å². The van der Waals surface area contributed by atoms with Crippen molar-refractivity contribution in [1.82, 2.24) is 0 Å². The molecule has 0 saturated heterocycles. The van der Waals surface area contributed by atoms with E-state index in [1.54, 1.807) is 7.05 Å². The van der Waals surface area contributed by atoms with Crippen molar-refractivity contribution in [2.45, 2.75) is 27.2 Å². The number of hydrogen-bond donors (Lipinski definition) is 2. The summed E-state index contributed by atoms with van der Waals surface area (Å²) in [6.45, 7) is 10.1. The Morgan fingerprint density at radius 2 is 2.19 bits per heavy atom. The summed E-state index contributed by atoms with van der Waals surface area (Å²) in [6.07, 6.45) is 6.17. The molecule has 0 aliphatic carbocycles. The standard InChI is InChI=1S/C18H25N3/c1-6-13(4)18(20-5)21-17-11-16(15(8-3)12-19)10-9-14(17)7-2/h7-13,19H,2,6H2,1,3-5H3,(H,20,21)/b15-8+,19-12?. The first-order chi connectivity index (χ1) is 10.1. The molecular weight excluding hydrogens is 258 g/mol. The van der Waals surface area contributed by atoms with Crippen LogP contribution in [0.5, 0.6) is 0 Å². The monoisotopic (exact) mass is 283 g/mol. The molecule has 1 rings (SSSR count). The summed E-state index contributed by atoms with van der Waals surface area (Å²) in [5.74, 6) is 1.34. The maximum absolute atomic E-state index is 7.48. The summed E-state index contributed by atoms with van der Waals surface area (Å²) in [5, 5.41) is 10.9. The lowest BCUT2D eigenvalue weighted by Gasteiger charge is -2.17. The smallest absolute Gasteiger partial charge is 0.103 e. The van der Waals surface area contributed by atoms with Crippen LogP contribution in [0.3, 0.4) is 0 Å². The predicted octanol–water partition coefficient (Wildman–Crippen LogP) is 4.87. The van der Waals surface area contributed by atoms with Crippen LogP contribution in [0.2, 0.25) is 0 Å². The van der Waals surface area contributed by atoms with E-state index in [-0.39, 0.29) is 0 Å². The minimum atomic E-state index is 0.375. The highest BCUT2D eigenvalue weighted by atomic mass is 15.0. The van der Waals surface area contributed by atoms with E-state index < -0.39 is 0 Å². The Morgan fingerprint density at radius 3 is 2.67 bits per heavy atom. The summed E-state index contributed by atoms with van der Waals surface area (Å²) in [5.41, 5.74) is 3.92. The molecule has 1 unspecified atom stereocenters. The molecule has 0 amide bonds. The highest BCUT2D eigenvalue weighted by molar-refractivity contribution is 6.09. The van der Waals surface area contributed by atoms with Crippen LogP contribution >= 0.6 is 0 Å². The van der Waals surface area contributed by atoms with Crippen molar-refractivity contribution < 1.29 is 0 Å². The van der Waals surface area contributed by atoms with E-state index in [1.165, 1.54) is 6.21 Å². The molecule has 0 radical (unpaired) electrons. The van der Waals surface area contributed by atoms with Gasteiger partial charge in [0.2, 0.25) is 0 Å². The molecule has 0 aliphatic heterocycles. The van der Waals surface area contributed by atoms with E-state index in [9.17, 15) is 0 Å². The fraction of sp³-hybridized carbons (Fsp3) is 0.333. The van der Waals surface area contributed by atoms with Gasteiger partial charge < -0.3 is 10.7 Å². The number of allylic oxidation sites excluding steroid dienone is 2. The van der Waals surface area contributed by atoms with Gasteiger partial charge in [-0.15, -0.1) is 0 Å². The molecule has 1 aromatic rings. The zero-order chi connectivity index (χ0) is 15.8.